The van der Waals surface area contributed by atoms with E-state index in [0.717, 1.165) is 12.0 Å². The largest absolute Gasteiger partial charge is 0.341 e. The summed E-state index contributed by atoms with van der Waals surface area (Å²) in [6, 6.07) is 11.6. The molecule has 0 N–H and O–H groups in total. The predicted molar refractivity (Wildman–Crippen MR) is 96.2 cm³/mol. The molecule has 2 aromatic rings. The lowest BCUT2D eigenvalue weighted by atomic mass is 10.1. The van der Waals surface area contributed by atoms with Crippen molar-refractivity contribution in [2.75, 3.05) is 26.2 Å². The standard InChI is InChI=1S/C20H23N3O2/c1-16-5-7-17(8-6-16)14-19(24)22-10-3-11-23(13-12-22)20(25)18-4-2-9-21-15-18/h2,4-9,15H,3,10-14H2,1H3. The van der Waals surface area contributed by atoms with Crippen molar-refractivity contribution in [3.05, 3.63) is 65.5 Å². The van der Waals surface area contributed by atoms with Crippen LogP contribution in [0.4, 0.5) is 0 Å². The molecule has 5 nitrogen and oxygen atoms in total. The monoisotopic (exact) mass is 337 g/mol. The molecule has 1 saturated heterocycles. The normalized spacial score (nSPS) is 14.9. The van der Waals surface area contributed by atoms with E-state index in [1.165, 1.54) is 5.56 Å². The van der Waals surface area contributed by atoms with Crippen LogP contribution in [0.25, 0.3) is 0 Å². The maximum atomic E-state index is 12.6. The number of pyridine rings is 1. The Hall–Kier alpha value is -2.69. The zero-order valence-electron chi connectivity index (χ0n) is 14.5. The van der Waals surface area contributed by atoms with Crippen LogP contribution in [-0.4, -0.2) is 52.8 Å². The zero-order chi connectivity index (χ0) is 17.6. The van der Waals surface area contributed by atoms with Gasteiger partial charge in [0.1, 0.15) is 0 Å². The lowest BCUT2D eigenvalue weighted by molar-refractivity contribution is -0.130. The van der Waals surface area contributed by atoms with Gasteiger partial charge in [0.15, 0.2) is 0 Å². The first kappa shape index (κ1) is 17.1. The average Bonchev–Trinajstić information content (AvgIpc) is 2.90. The summed E-state index contributed by atoms with van der Waals surface area (Å²) in [6.07, 6.45) is 4.46. The Morgan fingerprint density at radius 1 is 1.00 bits per heavy atom. The van der Waals surface area contributed by atoms with Crippen LogP contribution in [0.3, 0.4) is 0 Å². The summed E-state index contributed by atoms with van der Waals surface area (Å²) in [4.78, 5) is 32.8. The molecule has 0 aliphatic carbocycles. The summed E-state index contributed by atoms with van der Waals surface area (Å²) in [5, 5.41) is 0. The molecule has 25 heavy (non-hydrogen) atoms. The lowest BCUT2D eigenvalue weighted by Gasteiger charge is -2.22. The molecule has 0 bridgehead atoms. The molecule has 5 heteroatoms. The van der Waals surface area contributed by atoms with Gasteiger partial charge in [0, 0.05) is 38.6 Å². The first-order chi connectivity index (χ1) is 12.1. The highest BCUT2D eigenvalue weighted by Crippen LogP contribution is 2.11. The van der Waals surface area contributed by atoms with Crippen molar-refractivity contribution in [2.24, 2.45) is 0 Å². The summed E-state index contributed by atoms with van der Waals surface area (Å²) in [7, 11) is 0. The number of hydrogen-bond acceptors (Lipinski definition) is 3. The molecular weight excluding hydrogens is 314 g/mol. The smallest absolute Gasteiger partial charge is 0.255 e. The molecule has 1 aromatic carbocycles. The molecule has 1 fully saturated rings. The van der Waals surface area contributed by atoms with Crippen molar-refractivity contribution >= 4 is 11.8 Å². The van der Waals surface area contributed by atoms with Crippen molar-refractivity contribution < 1.29 is 9.59 Å². The predicted octanol–water partition coefficient (Wildman–Crippen LogP) is 2.31. The van der Waals surface area contributed by atoms with E-state index in [2.05, 4.69) is 4.98 Å². The van der Waals surface area contributed by atoms with E-state index in [1.54, 1.807) is 24.5 Å². The van der Waals surface area contributed by atoms with Crippen LogP contribution >= 0.6 is 0 Å². The molecule has 3 rings (SSSR count). The molecule has 2 heterocycles. The van der Waals surface area contributed by atoms with Crippen molar-refractivity contribution in [1.82, 2.24) is 14.8 Å². The van der Waals surface area contributed by atoms with Gasteiger partial charge in [0.25, 0.3) is 5.91 Å². The molecule has 0 unspecified atom stereocenters. The number of nitrogens with zero attached hydrogens (tertiary/aromatic N) is 3. The highest BCUT2D eigenvalue weighted by molar-refractivity contribution is 5.94. The molecule has 1 aromatic heterocycles. The van der Waals surface area contributed by atoms with E-state index < -0.39 is 0 Å². The summed E-state index contributed by atoms with van der Waals surface area (Å²) >= 11 is 0. The zero-order valence-corrected chi connectivity index (χ0v) is 14.5. The Labute approximate surface area is 148 Å². The Bertz CT molecular complexity index is 728. The summed E-state index contributed by atoms with van der Waals surface area (Å²) < 4.78 is 0. The van der Waals surface area contributed by atoms with Gasteiger partial charge in [-0.05, 0) is 31.0 Å². The Morgan fingerprint density at radius 2 is 1.72 bits per heavy atom. The second-order valence-corrected chi connectivity index (χ2v) is 6.43. The van der Waals surface area contributed by atoms with Crippen LogP contribution in [0, 0.1) is 6.92 Å². The topological polar surface area (TPSA) is 53.5 Å². The van der Waals surface area contributed by atoms with E-state index in [9.17, 15) is 9.59 Å². The first-order valence-electron chi connectivity index (χ1n) is 8.66. The van der Waals surface area contributed by atoms with Crippen molar-refractivity contribution in [2.45, 2.75) is 19.8 Å². The minimum absolute atomic E-state index is 0.0130. The summed E-state index contributed by atoms with van der Waals surface area (Å²) in [6.45, 7) is 4.54. The highest BCUT2D eigenvalue weighted by atomic mass is 16.2. The van der Waals surface area contributed by atoms with E-state index in [0.29, 0.717) is 38.2 Å². The number of aryl methyl sites for hydroxylation is 1. The van der Waals surface area contributed by atoms with Crippen LogP contribution in [-0.2, 0) is 11.2 Å². The van der Waals surface area contributed by atoms with Crippen LogP contribution < -0.4 is 0 Å². The van der Waals surface area contributed by atoms with Crippen molar-refractivity contribution in [3.8, 4) is 0 Å². The Morgan fingerprint density at radius 3 is 2.44 bits per heavy atom. The molecule has 1 aliphatic heterocycles. The van der Waals surface area contributed by atoms with E-state index in [4.69, 9.17) is 0 Å². The van der Waals surface area contributed by atoms with E-state index in [1.807, 2.05) is 41.0 Å². The number of carbonyl (C=O) groups is 2. The fraction of sp³-hybridized carbons (Fsp3) is 0.350. The summed E-state index contributed by atoms with van der Waals surface area (Å²) in [5.41, 5.74) is 2.82. The number of aromatic nitrogens is 1. The van der Waals surface area contributed by atoms with Crippen LogP contribution in [0.2, 0.25) is 0 Å². The van der Waals surface area contributed by atoms with Gasteiger partial charge in [-0.25, -0.2) is 0 Å². The van der Waals surface area contributed by atoms with Gasteiger partial charge >= 0.3 is 0 Å². The second-order valence-electron chi connectivity index (χ2n) is 6.43. The minimum atomic E-state index is -0.0130. The van der Waals surface area contributed by atoms with Gasteiger partial charge in [0.05, 0.1) is 12.0 Å². The molecule has 0 atom stereocenters. The number of carbonyl (C=O) groups excluding carboxylic acids is 2. The molecule has 130 valence electrons. The van der Waals surface area contributed by atoms with Gasteiger partial charge in [0.2, 0.25) is 5.91 Å². The summed E-state index contributed by atoms with van der Waals surface area (Å²) in [5.74, 6) is 0.112. The van der Waals surface area contributed by atoms with Gasteiger partial charge in [-0.15, -0.1) is 0 Å². The molecule has 2 amide bonds. The van der Waals surface area contributed by atoms with E-state index in [-0.39, 0.29) is 11.8 Å². The fourth-order valence-electron chi connectivity index (χ4n) is 3.03. The number of benzene rings is 1. The maximum Gasteiger partial charge on any atom is 0.255 e. The third kappa shape index (κ3) is 4.44. The van der Waals surface area contributed by atoms with Crippen molar-refractivity contribution in [3.63, 3.8) is 0 Å². The number of hydrogen-bond donors (Lipinski definition) is 0. The highest BCUT2D eigenvalue weighted by Gasteiger charge is 2.22. The Kier molecular flexibility index (Phi) is 5.43. The van der Waals surface area contributed by atoms with Gasteiger partial charge in [-0.2, -0.15) is 0 Å². The van der Waals surface area contributed by atoms with Crippen molar-refractivity contribution in [1.29, 1.82) is 0 Å². The average molecular weight is 337 g/mol. The van der Waals surface area contributed by atoms with E-state index >= 15 is 0 Å². The number of rotatable bonds is 3. The van der Waals surface area contributed by atoms with Gasteiger partial charge in [-0.1, -0.05) is 29.8 Å². The molecule has 0 radical (unpaired) electrons. The quantitative estimate of drug-likeness (QED) is 0.864. The molecular formula is C20H23N3O2. The SMILES string of the molecule is Cc1ccc(CC(=O)N2CCCN(C(=O)c3cccnc3)CC2)cc1. The van der Waals surface area contributed by atoms with Crippen LogP contribution in [0.1, 0.15) is 27.9 Å². The Balaban J connectivity index is 1.58. The first-order valence-corrected chi connectivity index (χ1v) is 8.66. The third-order valence-corrected chi connectivity index (χ3v) is 4.52. The molecule has 1 aliphatic rings. The molecule has 0 spiro atoms. The molecule has 0 saturated carbocycles. The second kappa shape index (κ2) is 7.92. The number of amides is 2. The maximum absolute atomic E-state index is 12.6. The minimum Gasteiger partial charge on any atom is -0.341 e. The van der Waals surface area contributed by atoms with Gasteiger partial charge < -0.3 is 9.80 Å². The fourth-order valence-corrected chi connectivity index (χ4v) is 3.03. The lowest BCUT2D eigenvalue weighted by Crippen LogP contribution is -2.38. The van der Waals surface area contributed by atoms with Crippen LogP contribution in [0.15, 0.2) is 48.8 Å². The van der Waals surface area contributed by atoms with Crippen LogP contribution in [0.5, 0.6) is 0 Å². The van der Waals surface area contributed by atoms with Gasteiger partial charge in [-0.3, -0.25) is 14.6 Å². The third-order valence-electron chi connectivity index (χ3n) is 4.52.